The van der Waals surface area contributed by atoms with Gasteiger partial charge in [0.05, 0.1) is 24.0 Å². The van der Waals surface area contributed by atoms with Crippen LogP contribution in [0.25, 0.3) is 11.2 Å². The summed E-state index contributed by atoms with van der Waals surface area (Å²) in [5, 5.41) is 4.35. The van der Waals surface area contributed by atoms with Gasteiger partial charge in [0, 0.05) is 33.4 Å². The monoisotopic (exact) mass is 371 g/mol. The van der Waals surface area contributed by atoms with Crippen LogP contribution < -0.4 is 15.4 Å². The topological polar surface area (TPSA) is 72.1 Å². The number of rotatable bonds is 2. The third-order valence-electron chi connectivity index (χ3n) is 5.43. The van der Waals surface area contributed by atoms with Crippen molar-refractivity contribution in [3.63, 3.8) is 0 Å². The number of imidazole rings is 1. The van der Waals surface area contributed by atoms with Crippen LogP contribution in [0.3, 0.4) is 0 Å². The summed E-state index contributed by atoms with van der Waals surface area (Å²) in [6, 6.07) is 4.57. The molecule has 2 atom stereocenters. The third-order valence-corrected chi connectivity index (χ3v) is 5.78. The lowest BCUT2D eigenvalue weighted by molar-refractivity contribution is 0.284. The normalized spacial score (nSPS) is 22.0. The van der Waals surface area contributed by atoms with E-state index in [0.717, 1.165) is 42.3 Å². The molecule has 3 saturated heterocycles. The number of aromatic nitrogens is 5. The van der Waals surface area contributed by atoms with Crippen molar-refractivity contribution in [2.45, 2.75) is 18.5 Å². The Morgan fingerprint density at radius 3 is 2.73 bits per heavy atom. The molecule has 0 spiro atoms. The number of pyridine rings is 1. The Balaban J connectivity index is 1.45. The molecule has 26 heavy (non-hydrogen) atoms. The number of halogens is 1. The average Bonchev–Trinajstić information content (AvgIpc) is 2.96. The van der Waals surface area contributed by atoms with Crippen LogP contribution in [0.4, 0.5) is 11.6 Å². The molecule has 0 N–H and O–H groups in total. The fraction of sp³-hybridized carbons (Fsp3) is 0.412. The zero-order valence-corrected chi connectivity index (χ0v) is 15.3. The Morgan fingerprint density at radius 2 is 2.00 bits per heavy atom. The summed E-state index contributed by atoms with van der Waals surface area (Å²) >= 11 is 6.27. The Bertz CT molecular complexity index is 1060. The zero-order valence-electron chi connectivity index (χ0n) is 14.5. The zero-order chi connectivity index (χ0) is 18.0. The highest BCUT2D eigenvalue weighted by atomic mass is 35.5. The molecule has 2 unspecified atom stereocenters. The van der Waals surface area contributed by atoms with Gasteiger partial charge in [-0.15, -0.1) is 0 Å². The van der Waals surface area contributed by atoms with Crippen molar-refractivity contribution in [2.24, 2.45) is 14.1 Å². The molecule has 3 fully saturated rings. The third kappa shape index (κ3) is 2.08. The summed E-state index contributed by atoms with van der Waals surface area (Å²) < 4.78 is 3.31. The molecule has 3 aliphatic heterocycles. The Kier molecular flexibility index (Phi) is 3.27. The number of nitrogens with zero attached hydrogens (tertiary/aromatic N) is 7. The van der Waals surface area contributed by atoms with E-state index in [2.05, 4.69) is 24.4 Å². The van der Waals surface area contributed by atoms with E-state index in [4.69, 9.17) is 16.6 Å². The van der Waals surface area contributed by atoms with Crippen LogP contribution >= 0.6 is 11.6 Å². The lowest BCUT2D eigenvalue weighted by Gasteiger charge is -2.57. The second-order valence-electron chi connectivity index (χ2n) is 6.95. The van der Waals surface area contributed by atoms with Gasteiger partial charge in [0.15, 0.2) is 5.65 Å². The van der Waals surface area contributed by atoms with Crippen LogP contribution in [0, 0.1) is 0 Å². The van der Waals surface area contributed by atoms with E-state index in [9.17, 15) is 4.79 Å². The fourth-order valence-corrected chi connectivity index (χ4v) is 4.39. The first-order valence-electron chi connectivity index (χ1n) is 8.57. The second-order valence-corrected chi connectivity index (χ2v) is 7.32. The van der Waals surface area contributed by atoms with Gasteiger partial charge in [-0.3, -0.25) is 9.36 Å². The van der Waals surface area contributed by atoms with E-state index in [1.54, 1.807) is 19.4 Å². The van der Waals surface area contributed by atoms with Gasteiger partial charge in [-0.2, -0.15) is 5.10 Å². The van der Waals surface area contributed by atoms with Crippen molar-refractivity contribution < 1.29 is 0 Å². The van der Waals surface area contributed by atoms with Crippen molar-refractivity contribution in [3.8, 4) is 0 Å². The fourth-order valence-electron chi connectivity index (χ4n) is 4.10. The van der Waals surface area contributed by atoms with E-state index in [1.165, 1.54) is 4.68 Å². The maximum Gasteiger partial charge on any atom is 0.287 e. The number of hydrogen-bond donors (Lipinski definition) is 0. The van der Waals surface area contributed by atoms with Gasteiger partial charge < -0.3 is 9.80 Å². The highest BCUT2D eigenvalue weighted by Gasteiger charge is 2.47. The smallest absolute Gasteiger partial charge is 0.287 e. The van der Waals surface area contributed by atoms with Crippen molar-refractivity contribution in [1.82, 2.24) is 24.3 Å². The minimum atomic E-state index is -0.262. The summed E-state index contributed by atoms with van der Waals surface area (Å²) in [5.74, 6) is 0.952. The van der Waals surface area contributed by atoms with Gasteiger partial charge in [0.25, 0.3) is 5.56 Å². The van der Waals surface area contributed by atoms with E-state index >= 15 is 0 Å². The number of hydrogen-bond acceptors (Lipinski definition) is 6. The first-order valence-corrected chi connectivity index (χ1v) is 8.95. The molecule has 0 amide bonds. The number of aryl methyl sites for hydroxylation is 2. The molecule has 6 heterocycles. The quantitative estimate of drug-likeness (QED) is 0.673. The summed E-state index contributed by atoms with van der Waals surface area (Å²) in [5.41, 5.74) is 2.26. The maximum absolute atomic E-state index is 12.1. The first-order chi connectivity index (χ1) is 12.5. The van der Waals surface area contributed by atoms with Gasteiger partial charge in [-0.05, 0) is 18.6 Å². The molecule has 3 aromatic rings. The van der Waals surface area contributed by atoms with Gasteiger partial charge in [-0.25, -0.2) is 14.6 Å². The van der Waals surface area contributed by atoms with Crippen LogP contribution in [0.5, 0.6) is 0 Å². The Labute approximate surface area is 154 Å². The predicted octanol–water partition coefficient (Wildman–Crippen LogP) is 1.18. The maximum atomic E-state index is 12.1. The SMILES string of the molecule is Cn1ncc(N2CC3CC(C2)N3c2nc3cccnc3n2C)c(Cl)c1=O. The van der Waals surface area contributed by atoms with Crippen LogP contribution in [-0.2, 0) is 14.1 Å². The lowest BCUT2D eigenvalue weighted by Crippen LogP contribution is -2.70. The minimum absolute atomic E-state index is 0.238. The minimum Gasteiger partial charge on any atom is -0.365 e. The van der Waals surface area contributed by atoms with Crippen LogP contribution in [0.1, 0.15) is 6.42 Å². The van der Waals surface area contributed by atoms with Crippen LogP contribution in [0.15, 0.2) is 29.3 Å². The summed E-state index contributed by atoms with van der Waals surface area (Å²) in [6.45, 7) is 1.59. The molecule has 3 aromatic heterocycles. The number of piperidine rings is 1. The lowest BCUT2D eigenvalue weighted by atomic mass is 9.87. The number of piperazine rings is 1. The molecule has 0 aliphatic carbocycles. The largest absolute Gasteiger partial charge is 0.365 e. The molecule has 3 aliphatic rings. The first kappa shape index (κ1) is 15.6. The molecule has 2 bridgehead atoms. The molecular weight excluding hydrogens is 354 g/mol. The number of fused-ring (bicyclic) bond motifs is 3. The van der Waals surface area contributed by atoms with Crippen LogP contribution in [-0.4, -0.2) is 49.5 Å². The predicted molar refractivity (Wildman–Crippen MR) is 99.9 cm³/mol. The van der Waals surface area contributed by atoms with Crippen molar-refractivity contribution in [1.29, 1.82) is 0 Å². The standard InChI is InChI=1S/C17H18ClN7O/c1-22-15-12(4-3-5-19-15)21-17(22)25-10-6-11(25)9-24(8-10)13-7-20-23(2)16(26)14(13)18/h3-5,7,10-11H,6,8-9H2,1-2H3. The Hall–Kier alpha value is -2.61. The summed E-state index contributed by atoms with van der Waals surface area (Å²) in [6.07, 6.45) is 4.58. The van der Waals surface area contributed by atoms with E-state index in [-0.39, 0.29) is 10.6 Å². The molecule has 9 heteroatoms. The van der Waals surface area contributed by atoms with E-state index in [1.807, 2.05) is 19.2 Å². The molecule has 6 rings (SSSR count). The molecule has 8 nitrogen and oxygen atoms in total. The average molecular weight is 372 g/mol. The van der Waals surface area contributed by atoms with Crippen molar-refractivity contribution in [2.75, 3.05) is 22.9 Å². The summed E-state index contributed by atoms with van der Waals surface area (Å²) in [4.78, 5) is 25.8. The van der Waals surface area contributed by atoms with Gasteiger partial charge in [0.2, 0.25) is 5.95 Å². The van der Waals surface area contributed by atoms with E-state index in [0.29, 0.717) is 12.1 Å². The number of anilines is 2. The van der Waals surface area contributed by atoms with E-state index < -0.39 is 0 Å². The van der Waals surface area contributed by atoms with Gasteiger partial charge >= 0.3 is 0 Å². The Morgan fingerprint density at radius 1 is 1.23 bits per heavy atom. The van der Waals surface area contributed by atoms with Crippen molar-refractivity contribution >= 4 is 34.4 Å². The highest BCUT2D eigenvalue weighted by Crippen LogP contribution is 2.39. The van der Waals surface area contributed by atoms with Crippen LogP contribution in [0.2, 0.25) is 5.02 Å². The highest BCUT2D eigenvalue weighted by molar-refractivity contribution is 6.33. The van der Waals surface area contributed by atoms with Crippen molar-refractivity contribution in [3.05, 3.63) is 39.9 Å². The van der Waals surface area contributed by atoms with Gasteiger partial charge in [-0.1, -0.05) is 11.6 Å². The molecule has 134 valence electrons. The summed E-state index contributed by atoms with van der Waals surface area (Å²) in [7, 11) is 3.61. The molecule has 0 saturated carbocycles. The molecular formula is C17H18ClN7O. The molecule has 0 radical (unpaired) electrons. The molecule has 0 aromatic carbocycles. The van der Waals surface area contributed by atoms with Gasteiger partial charge in [0.1, 0.15) is 10.5 Å². The second kappa shape index (κ2) is 5.44.